The second kappa shape index (κ2) is 9.10. The summed E-state index contributed by atoms with van der Waals surface area (Å²) in [6, 6.07) is 1.97. The van der Waals surface area contributed by atoms with Crippen molar-refractivity contribution in [1.29, 1.82) is 0 Å². The Bertz CT molecular complexity index is 1180. The third-order valence-electron chi connectivity index (χ3n) is 6.11. The van der Waals surface area contributed by atoms with Gasteiger partial charge in [-0.25, -0.2) is 4.52 Å². The highest BCUT2D eigenvalue weighted by molar-refractivity contribution is 5.97. The molecule has 0 aromatic carbocycles. The average molecular weight is 439 g/mol. The number of carbonyl (C=O) groups excluding carboxylic acids is 2. The van der Waals surface area contributed by atoms with Crippen LogP contribution in [-0.4, -0.2) is 54.1 Å². The highest BCUT2D eigenvalue weighted by atomic mass is 16.2. The van der Waals surface area contributed by atoms with Crippen LogP contribution < -0.4 is 5.56 Å². The minimum Gasteiger partial charge on any atom is -0.343 e. The number of likely N-dealkylation sites (tertiary alicyclic amines) is 1. The van der Waals surface area contributed by atoms with Gasteiger partial charge >= 0.3 is 0 Å². The molecule has 1 aliphatic rings. The van der Waals surface area contributed by atoms with E-state index >= 15 is 0 Å². The Morgan fingerprint density at radius 3 is 2.66 bits per heavy atom. The Balaban J connectivity index is 1.25. The van der Waals surface area contributed by atoms with E-state index in [-0.39, 0.29) is 29.2 Å². The molecule has 0 atom stereocenters. The normalized spacial score (nSPS) is 15.1. The highest BCUT2D eigenvalue weighted by Crippen LogP contribution is 2.23. The summed E-state index contributed by atoms with van der Waals surface area (Å²) < 4.78 is 3.39. The Kier molecular flexibility index (Phi) is 6.25. The molecule has 3 aromatic heterocycles. The third-order valence-corrected chi connectivity index (χ3v) is 6.11. The van der Waals surface area contributed by atoms with Crippen molar-refractivity contribution in [3.8, 4) is 0 Å². The molecular weight excluding hydrogens is 408 g/mol. The van der Waals surface area contributed by atoms with Gasteiger partial charge in [0.25, 0.3) is 5.56 Å². The topological polar surface area (TPSA) is 105 Å². The zero-order valence-electron chi connectivity index (χ0n) is 18.9. The Labute approximate surface area is 186 Å². The van der Waals surface area contributed by atoms with Crippen molar-refractivity contribution < 1.29 is 9.59 Å². The zero-order valence-corrected chi connectivity index (χ0v) is 18.9. The first kappa shape index (κ1) is 22.0. The van der Waals surface area contributed by atoms with Gasteiger partial charge in [0.1, 0.15) is 5.52 Å². The molecule has 170 valence electrons. The maximum absolute atomic E-state index is 12.8. The van der Waals surface area contributed by atoms with Crippen LogP contribution in [0, 0.1) is 12.8 Å². The summed E-state index contributed by atoms with van der Waals surface area (Å²) in [6.07, 6.45) is 8.30. The molecule has 3 aromatic rings. The largest absolute Gasteiger partial charge is 0.343 e. The van der Waals surface area contributed by atoms with Crippen molar-refractivity contribution in [3.05, 3.63) is 52.0 Å². The number of rotatable bonds is 7. The van der Waals surface area contributed by atoms with Gasteiger partial charge in [-0.15, -0.1) is 0 Å². The van der Waals surface area contributed by atoms with Gasteiger partial charge in [-0.3, -0.25) is 19.1 Å². The molecule has 0 aliphatic carbocycles. The van der Waals surface area contributed by atoms with E-state index in [4.69, 9.17) is 0 Å². The number of fused-ring (bicyclic) bond motifs is 1. The number of piperidine rings is 1. The minimum absolute atomic E-state index is 0.0572. The summed E-state index contributed by atoms with van der Waals surface area (Å²) in [5.74, 6) is 0.164. The van der Waals surface area contributed by atoms with Crippen LogP contribution in [0.2, 0.25) is 0 Å². The number of hydrogen-bond donors (Lipinski definition) is 1. The van der Waals surface area contributed by atoms with Crippen molar-refractivity contribution in [3.63, 3.8) is 0 Å². The molecular formula is C23H30N6O3. The highest BCUT2D eigenvalue weighted by Gasteiger charge is 2.28. The fourth-order valence-electron chi connectivity index (χ4n) is 4.26. The van der Waals surface area contributed by atoms with E-state index in [0.29, 0.717) is 56.3 Å². The lowest BCUT2D eigenvalue weighted by Crippen LogP contribution is -2.40. The van der Waals surface area contributed by atoms with Gasteiger partial charge in [0.15, 0.2) is 5.78 Å². The van der Waals surface area contributed by atoms with Crippen LogP contribution in [0.15, 0.2) is 29.5 Å². The zero-order chi connectivity index (χ0) is 22.8. The van der Waals surface area contributed by atoms with Crippen molar-refractivity contribution >= 4 is 17.2 Å². The second-order valence-electron chi connectivity index (χ2n) is 8.90. The molecule has 9 nitrogen and oxygen atoms in total. The van der Waals surface area contributed by atoms with E-state index in [0.717, 1.165) is 11.4 Å². The molecule has 0 bridgehead atoms. The number of hydrogen-bond acceptors (Lipinski definition) is 5. The van der Waals surface area contributed by atoms with Gasteiger partial charge in [-0.1, -0.05) is 0 Å². The standard InChI is InChI=1S/C23H30N6O3/c1-15(2)28-13-18(12-24-28)22(31)17-7-9-27(10-8-17)21(30)6-4-5-19-14-29-20(23(32)25-19)11-16(3)26-29/h11-15,17H,4-10H2,1-3H3,(H,25,32). The Morgan fingerprint density at radius 1 is 1.22 bits per heavy atom. The molecule has 0 spiro atoms. The van der Waals surface area contributed by atoms with Gasteiger partial charge in [0, 0.05) is 49.6 Å². The van der Waals surface area contributed by atoms with Gasteiger partial charge < -0.3 is 9.88 Å². The van der Waals surface area contributed by atoms with Crippen molar-refractivity contribution in [2.24, 2.45) is 5.92 Å². The van der Waals surface area contributed by atoms with Crippen molar-refractivity contribution in [2.45, 2.75) is 58.9 Å². The fourth-order valence-corrected chi connectivity index (χ4v) is 4.26. The van der Waals surface area contributed by atoms with E-state index in [1.165, 1.54) is 0 Å². The SMILES string of the molecule is Cc1cc2c(=O)[nH]c(CCCC(=O)N3CCC(C(=O)c4cnn(C(C)C)c4)CC3)cn2n1. The first-order valence-corrected chi connectivity index (χ1v) is 11.3. The summed E-state index contributed by atoms with van der Waals surface area (Å²) in [5, 5.41) is 8.55. The van der Waals surface area contributed by atoms with Gasteiger partial charge in [-0.2, -0.15) is 10.2 Å². The van der Waals surface area contributed by atoms with Gasteiger partial charge in [0.2, 0.25) is 5.91 Å². The first-order valence-electron chi connectivity index (χ1n) is 11.3. The summed E-state index contributed by atoms with van der Waals surface area (Å²) in [6.45, 7) is 7.10. The average Bonchev–Trinajstić information content (AvgIpc) is 3.40. The summed E-state index contributed by atoms with van der Waals surface area (Å²) in [4.78, 5) is 42.3. The number of aromatic amines is 1. The number of nitrogens with zero attached hydrogens (tertiary/aromatic N) is 5. The number of carbonyl (C=O) groups is 2. The molecule has 1 aliphatic heterocycles. The van der Waals surface area contributed by atoms with Gasteiger partial charge in [-0.05, 0) is 52.5 Å². The van der Waals surface area contributed by atoms with E-state index < -0.39 is 0 Å². The van der Waals surface area contributed by atoms with E-state index in [2.05, 4.69) is 15.2 Å². The lowest BCUT2D eigenvalue weighted by Gasteiger charge is -2.31. The number of H-pyrrole nitrogens is 1. The molecule has 4 heterocycles. The molecule has 32 heavy (non-hydrogen) atoms. The van der Waals surface area contributed by atoms with Crippen LogP contribution in [0.25, 0.3) is 5.52 Å². The van der Waals surface area contributed by atoms with Crippen LogP contribution in [0.3, 0.4) is 0 Å². The summed E-state index contributed by atoms with van der Waals surface area (Å²) in [5.41, 5.74) is 2.57. The monoisotopic (exact) mass is 438 g/mol. The number of nitrogens with one attached hydrogen (secondary N) is 1. The molecule has 1 N–H and O–H groups in total. The molecule has 9 heteroatoms. The first-order chi connectivity index (χ1) is 15.3. The lowest BCUT2D eigenvalue weighted by atomic mass is 9.90. The quantitative estimate of drug-likeness (QED) is 0.571. The van der Waals surface area contributed by atoms with E-state index in [9.17, 15) is 14.4 Å². The van der Waals surface area contributed by atoms with Crippen LogP contribution in [-0.2, 0) is 11.2 Å². The number of ketones is 1. The van der Waals surface area contributed by atoms with Crippen LogP contribution in [0.5, 0.6) is 0 Å². The molecule has 4 rings (SSSR count). The lowest BCUT2D eigenvalue weighted by molar-refractivity contribution is -0.132. The van der Waals surface area contributed by atoms with Crippen LogP contribution in [0.4, 0.5) is 0 Å². The third kappa shape index (κ3) is 4.66. The Morgan fingerprint density at radius 2 is 1.97 bits per heavy atom. The molecule has 0 unspecified atom stereocenters. The predicted molar refractivity (Wildman–Crippen MR) is 120 cm³/mol. The van der Waals surface area contributed by atoms with E-state index in [1.807, 2.05) is 38.1 Å². The molecule has 0 saturated carbocycles. The fraction of sp³-hybridized carbons (Fsp3) is 0.522. The minimum atomic E-state index is -0.167. The Hall–Kier alpha value is -3.23. The summed E-state index contributed by atoms with van der Waals surface area (Å²) >= 11 is 0. The van der Waals surface area contributed by atoms with Crippen LogP contribution >= 0.6 is 0 Å². The maximum atomic E-state index is 12.8. The second-order valence-corrected chi connectivity index (χ2v) is 8.90. The van der Waals surface area contributed by atoms with Gasteiger partial charge in [0.05, 0.1) is 17.5 Å². The summed E-state index contributed by atoms with van der Waals surface area (Å²) in [7, 11) is 0. The predicted octanol–water partition coefficient (Wildman–Crippen LogP) is 2.55. The molecule has 1 fully saturated rings. The molecule has 1 saturated heterocycles. The van der Waals surface area contributed by atoms with Crippen molar-refractivity contribution in [1.82, 2.24) is 29.3 Å². The number of Topliss-reactive ketones (excluding diaryl/α,β-unsaturated/α-hetero) is 1. The van der Waals surface area contributed by atoms with E-state index in [1.54, 1.807) is 21.5 Å². The molecule has 1 amide bonds. The van der Waals surface area contributed by atoms with Crippen LogP contribution in [0.1, 0.15) is 67.3 Å². The number of aromatic nitrogens is 5. The number of amides is 1. The smallest absolute Gasteiger partial charge is 0.274 e. The molecule has 0 radical (unpaired) electrons. The maximum Gasteiger partial charge on any atom is 0.274 e. The van der Waals surface area contributed by atoms with Crippen molar-refractivity contribution in [2.75, 3.05) is 13.1 Å². The number of aryl methyl sites for hydroxylation is 2.